The number of fused-ring (bicyclic) bond motifs is 2. The first kappa shape index (κ1) is 16.2. The van der Waals surface area contributed by atoms with E-state index in [2.05, 4.69) is 60.7 Å². The maximum atomic E-state index is 4.93. The molecule has 3 aromatic rings. The van der Waals surface area contributed by atoms with Gasteiger partial charge in [-0.2, -0.15) is 6.08 Å². The van der Waals surface area contributed by atoms with Gasteiger partial charge in [-0.15, -0.1) is 0 Å². The van der Waals surface area contributed by atoms with E-state index in [0.717, 1.165) is 0 Å². The Kier molecular flexibility index (Phi) is 6.79. The molecule has 3 aromatic carbocycles. The zero-order valence-electron chi connectivity index (χ0n) is 11.4. The average molecular weight is 301 g/mol. The molecule has 100 valence electrons. The fraction of sp³-hybridized carbons (Fsp3) is 0.0526. The zero-order chi connectivity index (χ0) is 13.5. The standard InChI is InChI=1S/C14H10.C5H7.Fe/c1-2-6-12-10-14-8-4-3-7-13(14)9-11(12)5-1;1-3-5-4-2;/h1-10H;1,3-5H,2H3;/q;-1;+2. The monoisotopic (exact) mass is 301 g/mol. The zero-order valence-corrected chi connectivity index (χ0v) is 12.5. The predicted octanol–water partition coefficient (Wildman–Crippen LogP) is 5.54. The summed E-state index contributed by atoms with van der Waals surface area (Å²) in [5.74, 6) is 0. The van der Waals surface area contributed by atoms with E-state index in [-0.39, 0.29) is 17.1 Å². The van der Waals surface area contributed by atoms with Gasteiger partial charge in [0.1, 0.15) is 0 Å². The number of allylic oxidation sites excluding steroid dienone is 3. The van der Waals surface area contributed by atoms with E-state index in [1.165, 1.54) is 27.6 Å². The van der Waals surface area contributed by atoms with Crippen molar-refractivity contribution < 1.29 is 17.1 Å². The molecule has 0 saturated carbocycles. The van der Waals surface area contributed by atoms with Crippen molar-refractivity contribution in [1.82, 2.24) is 0 Å². The van der Waals surface area contributed by atoms with Gasteiger partial charge in [-0.3, -0.25) is 6.58 Å². The molecule has 1 heteroatoms. The molecule has 0 spiro atoms. The number of hydrogen-bond donors (Lipinski definition) is 0. The summed E-state index contributed by atoms with van der Waals surface area (Å²) in [6.07, 6.45) is 5.15. The maximum absolute atomic E-state index is 4.93. The Morgan fingerprint density at radius 2 is 1.10 bits per heavy atom. The van der Waals surface area contributed by atoms with Gasteiger partial charge in [-0.25, -0.2) is 12.2 Å². The largest absolute Gasteiger partial charge is 2.00 e. The van der Waals surface area contributed by atoms with Crippen LogP contribution >= 0.6 is 0 Å². The third kappa shape index (κ3) is 4.09. The minimum absolute atomic E-state index is 0. The molecular weight excluding hydrogens is 284 g/mol. The Balaban J connectivity index is 0.000000293. The summed E-state index contributed by atoms with van der Waals surface area (Å²) < 4.78 is 0. The number of benzene rings is 3. The van der Waals surface area contributed by atoms with Gasteiger partial charge in [-0.1, -0.05) is 55.5 Å². The molecule has 0 aliphatic rings. The van der Waals surface area contributed by atoms with Gasteiger partial charge in [0.05, 0.1) is 0 Å². The molecule has 0 fully saturated rings. The van der Waals surface area contributed by atoms with Crippen LogP contribution in [0, 0.1) is 6.58 Å². The van der Waals surface area contributed by atoms with Gasteiger partial charge in [0, 0.05) is 0 Å². The Morgan fingerprint density at radius 1 is 0.750 bits per heavy atom. The first-order chi connectivity index (χ1) is 9.35. The predicted molar refractivity (Wildman–Crippen MR) is 85.1 cm³/mol. The van der Waals surface area contributed by atoms with Crippen LogP contribution in [0.15, 0.2) is 78.9 Å². The fourth-order valence-corrected chi connectivity index (χ4v) is 1.99. The van der Waals surface area contributed by atoms with Crippen LogP contribution in [0.5, 0.6) is 0 Å². The van der Waals surface area contributed by atoms with Gasteiger partial charge < -0.3 is 0 Å². The molecule has 0 N–H and O–H groups in total. The van der Waals surface area contributed by atoms with Crippen molar-refractivity contribution >= 4 is 21.5 Å². The van der Waals surface area contributed by atoms with Crippen molar-refractivity contribution in [2.75, 3.05) is 0 Å². The topological polar surface area (TPSA) is 0 Å². The van der Waals surface area contributed by atoms with Crippen LogP contribution in [-0.2, 0) is 17.1 Å². The van der Waals surface area contributed by atoms with Gasteiger partial charge in [0.2, 0.25) is 0 Å². The Bertz CT molecular complexity index is 606. The molecular formula is C19H17Fe+. The van der Waals surface area contributed by atoms with Crippen molar-refractivity contribution in [2.45, 2.75) is 6.92 Å². The summed E-state index contributed by atoms with van der Waals surface area (Å²) in [6, 6.07) is 21.4. The van der Waals surface area contributed by atoms with Crippen molar-refractivity contribution in [2.24, 2.45) is 0 Å². The molecule has 20 heavy (non-hydrogen) atoms. The van der Waals surface area contributed by atoms with Gasteiger partial charge in [-0.05, 0) is 33.7 Å². The van der Waals surface area contributed by atoms with Gasteiger partial charge in [0.25, 0.3) is 0 Å². The molecule has 0 heterocycles. The summed E-state index contributed by atoms with van der Waals surface area (Å²) in [5, 5.41) is 5.25. The third-order valence-corrected chi connectivity index (χ3v) is 2.92. The van der Waals surface area contributed by atoms with Crippen LogP contribution in [-0.4, -0.2) is 0 Å². The van der Waals surface area contributed by atoms with E-state index in [4.69, 9.17) is 6.58 Å². The molecule has 0 nitrogen and oxygen atoms in total. The van der Waals surface area contributed by atoms with E-state index >= 15 is 0 Å². The van der Waals surface area contributed by atoms with Crippen molar-refractivity contribution in [1.29, 1.82) is 0 Å². The maximum Gasteiger partial charge on any atom is 2.00 e. The first-order valence-corrected chi connectivity index (χ1v) is 6.39. The van der Waals surface area contributed by atoms with Gasteiger partial charge in [0.15, 0.2) is 0 Å². The molecule has 0 aliphatic heterocycles. The third-order valence-electron chi connectivity index (χ3n) is 2.92. The first-order valence-electron chi connectivity index (χ1n) is 6.39. The van der Waals surface area contributed by atoms with Crippen LogP contribution in [0.3, 0.4) is 0 Å². The quantitative estimate of drug-likeness (QED) is 0.239. The molecule has 0 amide bonds. The minimum atomic E-state index is 0. The number of hydrogen-bond acceptors (Lipinski definition) is 0. The normalized spacial score (nSPS) is 9.85. The Morgan fingerprint density at radius 3 is 1.30 bits per heavy atom. The van der Waals surface area contributed by atoms with Crippen LogP contribution in [0.4, 0.5) is 0 Å². The Labute approximate surface area is 131 Å². The molecule has 0 radical (unpaired) electrons. The second-order valence-corrected chi connectivity index (χ2v) is 4.26. The van der Waals surface area contributed by atoms with Crippen LogP contribution in [0.1, 0.15) is 6.92 Å². The average Bonchev–Trinajstić information content (AvgIpc) is 2.46. The second kappa shape index (κ2) is 8.37. The minimum Gasteiger partial charge on any atom is -0.293 e. The van der Waals surface area contributed by atoms with Crippen molar-refractivity contribution in [3.8, 4) is 0 Å². The van der Waals surface area contributed by atoms with Crippen LogP contribution < -0.4 is 0 Å². The molecule has 0 aromatic heterocycles. The molecule has 3 rings (SSSR count). The molecule has 0 bridgehead atoms. The van der Waals surface area contributed by atoms with E-state index < -0.39 is 0 Å². The Hall–Kier alpha value is -1.82. The van der Waals surface area contributed by atoms with Crippen molar-refractivity contribution in [3.05, 3.63) is 85.5 Å². The van der Waals surface area contributed by atoms with E-state index in [0.29, 0.717) is 0 Å². The summed E-state index contributed by atoms with van der Waals surface area (Å²) in [6.45, 7) is 6.85. The summed E-state index contributed by atoms with van der Waals surface area (Å²) in [4.78, 5) is 0. The fourth-order valence-electron chi connectivity index (χ4n) is 1.99. The molecule has 0 saturated heterocycles. The van der Waals surface area contributed by atoms with Crippen LogP contribution in [0.25, 0.3) is 21.5 Å². The van der Waals surface area contributed by atoms with Crippen LogP contribution in [0.2, 0.25) is 0 Å². The molecule has 0 atom stereocenters. The summed E-state index contributed by atoms with van der Waals surface area (Å²) in [5.41, 5.74) is 0. The summed E-state index contributed by atoms with van der Waals surface area (Å²) >= 11 is 0. The van der Waals surface area contributed by atoms with E-state index in [1.54, 1.807) is 6.08 Å². The number of rotatable bonds is 1. The SMILES string of the molecule is [CH-]=CC=CC.[Fe+2].c1ccc2cc3ccccc3cc2c1. The van der Waals surface area contributed by atoms with E-state index in [9.17, 15) is 0 Å². The molecule has 0 aliphatic carbocycles. The van der Waals surface area contributed by atoms with Gasteiger partial charge >= 0.3 is 17.1 Å². The molecule has 0 unspecified atom stereocenters. The smallest absolute Gasteiger partial charge is 0.293 e. The van der Waals surface area contributed by atoms with Crippen molar-refractivity contribution in [3.63, 3.8) is 0 Å². The summed E-state index contributed by atoms with van der Waals surface area (Å²) in [7, 11) is 0. The second-order valence-electron chi connectivity index (χ2n) is 4.26. The van der Waals surface area contributed by atoms with E-state index in [1.807, 2.05) is 13.0 Å².